The predicted octanol–water partition coefficient (Wildman–Crippen LogP) is 4.02. The average molecular weight is 580 g/mol. The fourth-order valence-electron chi connectivity index (χ4n) is 4.41. The minimum atomic E-state index is -1.84. The predicted molar refractivity (Wildman–Crippen MR) is 143 cm³/mol. The van der Waals surface area contributed by atoms with Gasteiger partial charge in [-0.15, -0.1) is 0 Å². The zero-order chi connectivity index (χ0) is 24.4. The molecule has 5 nitrogen and oxygen atoms in total. The molecular formula is C27H23BFIN2O3. The van der Waals surface area contributed by atoms with Crippen LogP contribution in [-0.2, 0) is 0 Å². The van der Waals surface area contributed by atoms with Crippen LogP contribution in [0.25, 0.3) is 11.1 Å². The molecule has 3 aromatic carbocycles. The van der Waals surface area contributed by atoms with Gasteiger partial charge in [-0.3, -0.25) is 4.90 Å². The first kappa shape index (κ1) is 23.9. The van der Waals surface area contributed by atoms with Gasteiger partial charge in [-0.2, -0.15) is 0 Å². The van der Waals surface area contributed by atoms with Crippen LogP contribution in [0, 0.1) is 9.39 Å². The Kier molecular flexibility index (Phi) is 7.15. The van der Waals surface area contributed by atoms with Crippen LogP contribution in [-0.4, -0.2) is 46.2 Å². The van der Waals surface area contributed by atoms with E-state index in [1.165, 1.54) is 17.7 Å². The molecule has 35 heavy (non-hydrogen) atoms. The van der Waals surface area contributed by atoms with E-state index >= 15 is 0 Å². The highest BCUT2D eigenvalue weighted by Crippen LogP contribution is 2.35. The van der Waals surface area contributed by atoms with Crippen molar-refractivity contribution in [2.45, 2.75) is 12.1 Å². The number of ether oxygens (including phenoxy) is 1. The van der Waals surface area contributed by atoms with Crippen LogP contribution < -0.4 is 10.2 Å². The van der Waals surface area contributed by atoms with E-state index in [9.17, 15) is 14.4 Å². The van der Waals surface area contributed by atoms with E-state index in [1.807, 2.05) is 42.5 Å². The molecule has 4 aromatic rings. The van der Waals surface area contributed by atoms with Gasteiger partial charge in [-0.1, -0.05) is 60.7 Å². The van der Waals surface area contributed by atoms with Gasteiger partial charge in [0.2, 0.25) is 5.88 Å². The number of likely N-dealkylation sites (tertiary alicyclic amines) is 1. The number of halogens is 2. The molecule has 1 saturated heterocycles. The SMILES string of the molecule is OB(O)c1ccc(-c2cccc(C(c3ccccc3)N3CC(Oc4ccc(I)cn4)C3)c2)cc1F. The molecule has 0 bridgehead atoms. The Balaban J connectivity index is 1.40. The third kappa shape index (κ3) is 5.40. The zero-order valence-corrected chi connectivity index (χ0v) is 20.9. The van der Waals surface area contributed by atoms with Gasteiger partial charge in [-0.05, 0) is 63.0 Å². The summed E-state index contributed by atoms with van der Waals surface area (Å²) in [6.45, 7) is 1.52. The van der Waals surface area contributed by atoms with Gasteiger partial charge in [-0.25, -0.2) is 9.37 Å². The number of benzene rings is 3. The normalized spacial score (nSPS) is 14.9. The molecule has 0 amide bonds. The molecule has 1 unspecified atom stereocenters. The molecule has 1 atom stereocenters. The number of hydrogen-bond donors (Lipinski definition) is 2. The molecule has 5 rings (SSSR count). The highest BCUT2D eigenvalue weighted by molar-refractivity contribution is 14.1. The summed E-state index contributed by atoms with van der Waals surface area (Å²) in [7, 11) is -1.84. The van der Waals surface area contributed by atoms with Crippen LogP contribution in [0.3, 0.4) is 0 Å². The first-order valence-electron chi connectivity index (χ1n) is 11.3. The van der Waals surface area contributed by atoms with Gasteiger partial charge < -0.3 is 14.8 Å². The molecule has 176 valence electrons. The van der Waals surface area contributed by atoms with E-state index in [-0.39, 0.29) is 17.6 Å². The van der Waals surface area contributed by atoms with Crippen molar-refractivity contribution < 1.29 is 19.2 Å². The lowest BCUT2D eigenvalue weighted by atomic mass is 9.79. The smallest absolute Gasteiger partial charge is 0.472 e. The third-order valence-corrected chi connectivity index (χ3v) is 6.80. The molecule has 0 spiro atoms. The quantitative estimate of drug-likeness (QED) is 0.256. The van der Waals surface area contributed by atoms with Crippen molar-refractivity contribution in [3.63, 3.8) is 0 Å². The second-order valence-corrected chi connectivity index (χ2v) is 9.80. The molecule has 1 fully saturated rings. The van der Waals surface area contributed by atoms with Crippen LogP contribution in [0.2, 0.25) is 0 Å². The first-order chi connectivity index (χ1) is 17.0. The fraction of sp³-hybridized carbons (Fsp3) is 0.148. The van der Waals surface area contributed by atoms with E-state index in [0.29, 0.717) is 11.4 Å². The summed E-state index contributed by atoms with van der Waals surface area (Å²) >= 11 is 2.22. The second kappa shape index (κ2) is 10.5. The Bertz CT molecular complexity index is 1300. The van der Waals surface area contributed by atoms with Gasteiger partial charge in [0.1, 0.15) is 11.9 Å². The number of pyridine rings is 1. The van der Waals surface area contributed by atoms with E-state index in [1.54, 1.807) is 12.3 Å². The molecule has 2 heterocycles. The van der Waals surface area contributed by atoms with Gasteiger partial charge in [0, 0.05) is 34.4 Å². The van der Waals surface area contributed by atoms with Gasteiger partial charge in [0.05, 0.1) is 6.04 Å². The summed E-state index contributed by atoms with van der Waals surface area (Å²) < 4.78 is 21.5. The van der Waals surface area contributed by atoms with E-state index < -0.39 is 12.9 Å². The van der Waals surface area contributed by atoms with Crippen LogP contribution in [0.15, 0.2) is 91.1 Å². The maximum Gasteiger partial charge on any atom is 0.491 e. The molecule has 0 aliphatic carbocycles. The Labute approximate surface area is 217 Å². The molecule has 2 N–H and O–H groups in total. The number of hydrogen-bond acceptors (Lipinski definition) is 5. The van der Waals surface area contributed by atoms with Crippen molar-refractivity contribution in [2.24, 2.45) is 0 Å². The Morgan fingerprint density at radius 3 is 2.34 bits per heavy atom. The number of rotatable bonds is 7. The van der Waals surface area contributed by atoms with E-state index in [4.69, 9.17) is 4.74 Å². The van der Waals surface area contributed by atoms with Crippen molar-refractivity contribution in [3.8, 4) is 17.0 Å². The highest BCUT2D eigenvalue weighted by atomic mass is 127. The Morgan fingerprint density at radius 1 is 0.914 bits per heavy atom. The number of aromatic nitrogens is 1. The Morgan fingerprint density at radius 2 is 1.66 bits per heavy atom. The summed E-state index contributed by atoms with van der Waals surface area (Å²) in [4.78, 5) is 6.70. The van der Waals surface area contributed by atoms with Crippen molar-refractivity contribution in [1.29, 1.82) is 0 Å². The van der Waals surface area contributed by atoms with E-state index in [2.05, 4.69) is 56.7 Å². The Hall–Kier alpha value is -2.79. The van der Waals surface area contributed by atoms with Crippen molar-refractivity contribution >= 4 is 35.2 Å². The largest absolute Gasteiger partial charge is 0.491 e. The summed E-state index contributed by atoms with van der Waals surface area (Å²) in [5.41, 5.74) is 3.65. The topological polar surface area (TPSA) is 65.8 Å². The molecular weight excluding hydrogens is 557 g/mol. The lowest BCUT2D eigenvalue weighted by molar-refractivity contribution is -0.00215. The summed E-state index contributed by atoms with van der Waals surface area (Å²) in [5, 5.41) is 18.7. The minimum Gasteiger partial charge on any atom is -0.472 e. The molecule has 1 aliphatic rings. The second-order valence-electron chi connectivity index (χ2n) is 8.56. The maximum atomic E-state index is 14.4. The van der Waals surface area contributed by atoms with E-state index in [0.717, 1.165) is 27.8 Å². The lowest BCUT2D eigenvalue weighted by Crippen LogP contribution is -2.55. The van der Waals surface area contributed by atoms with Gasteiger partial charge in [0.15, 0.2) is 0 Å². The van der Waals surface area contributed by atoms with Crippen molar-refractivity contribution in [3.05, 3.63) is 112 Å². The van der Waals surface area contributed by atoms with Crippen LogP contribution >= 0.6 is 22.6 Å². The highest BCUT2D eigenvalue weighted by Gasteiger charge is 2.35. The van der Waals surface area contributed by atoms with Gasteiger partial charge >= 0.3 is 7.12 Å². The monoisotopic (exact) mass is 580 g/mol. The average Bonchev–Trinajstić information content (AvgIpc) is 2.84. The first-order valence-corrected chi connectivity index (χ1v) is 12.4. The standard InChI is InChI=1S/C27H23BFIN2O3/c29-25-14-20(9-11-24(25)28(33)34)19-7-4-8-21(13-19)27(18-5-2-1-3-6-18)32-16-23(17-32)35-26-12-10-22(30)15-31-26/h1-15,23,27,33-34H,16-17H2. The summed E-state index contributed by atoms with van der Waals surface area (Å²) in [5.74, 6) is -0.0127. The molecule has 0 saturated carbocycles. The number of nitrogens with zero attached hydrogens (tertiary/aromatic N) is 2. The molecule has 1 aromatic heterocycles. The van der Waals surface area contributed by atoms with Crippen LogP contribution in [0.5, 0.6) is 5.88 Å². The lowest BCUT2D eigenvalue weighted by Gasteiger charge is -2.44. The molecule has 1 aliphatic heterocycles. The van der Waals surface area contributed by atoms with Crippen LogP contribution in [0.1, 0.15) is 17.2 Å². The maximum absolute atomic E-state index is 14.4. The fourth-order valence-corrected chi connectivity index (χ4v) is 4.73. The summed E-state index contributed by atoms with van der Waals surface area (Å²) in [6, 6.07) is 26.7. The van der Waals surface area contributed by atoms with Crippen LogP contribution in [0.4, 0.5) is 4.39 Å². The third-order valence-electron chi connectivity index (χ3n) is 6.16. The van der Waals surface area contributed by atoms with Gasteiger partial charge in [0.25, 0.3) is 0 Å². The molecule has 8 heteroatoms. The molecule has 0 radical (unpaired) electrons. The minimum absolute atomic E-state index is 0.0177. The van der Waals surface area contributed by atoms with Crippen molar-refractivity contribution in [1.82, 2.24) is 9.88 Å². The van der Waals surface area contributed by atoms with Crippen molar-refractivity contribution in [2.75, 3.05) is 13.1 Å². The summed E-state index contributed by atoms with van der Waals surface area (Å²) in [6.07, 6.45) is 1.85. The zero-order valence-electron chi connectivity index (χ0n) is 18.8.